The Morgan fingerprint density at radius 2 is 1.29 bits per heavy atom. The molecule has 0 fully saturated rings. The quantitative estimate of drug-likeness (QED) is 0.736. The lowest BCUT2D eigenvalue weighted by molar-refractivity contribution is 0.604. The van der Waals surface area contributed by atoms with Crippen molar-refractivity contribution in [2.45, 2.75) is 40.5 Å². The van der Waals surface area contributed by atoms with Crippen LogP contribution in [-0.4, -0.2) is 9.97 Å². The molecule has 0 saturated heterocycles. The normalized spacial score (nSPS) is 11.6. The minimum atomic E-state index is 0.669. The highest BCUT2D eigenvalue weighted by Gasteiger charge is 2.08. The SMILES string of the molecule is CC(C)Cc1[nH]c(=S)[nH]c1CC(C)C. The van der Waals surface area contributed by atoms with Gasteiger partial charge in [-0.3, -0.25) is 0 Å². The molecule has 0 saturated carbocycles. The Hall–Kier alpha value is -0.570. The van der Waals surface area contributed by atoms with Gasteiger partial charge in [-0.1, -0.05) is 27.7 Å². The van der Waals surface area contributed by atoms with Gasteiger partial charge in [0.05, 0.1) is 0 Å². The summed E-state index contributed by atoms with van der Waals surface area (Å²) in [5.74, 6) is 1.34. The number of aromatic amines is 2. The van der Waals surface area contributed by atoms with Gasteiger partial charge in [-0.25, -0.2) is 0 Å². The number of H-pyrrole nitrogens is 2. The van der Waals surface area contributed by atoms with Gasteiger partial charge in [-0.2, -0.15) is 0 Å². The largest absolute Gasteiger partial charge is 0.334 e. The molecule has 14 heavy (non-hydrogen) atoms. The fraction of sp³-hybridized carbons (Fsp3) is 0.727. The van der Waals surface area contributed by atoms with Crippen LogP contribution >= 0.6 is 12.2 Å². The monoisotopic (exact) mass is 212 g/mol. The maximum absolute atomic E-state index is 5.11. The van der Waals surface area contributed by atoms with Crippen molar-refractivity contribution in [2.75, 3.05) is 0 Å². The molecular weight excluding hydrogens is 192 g/mol. The number of imidazole rings is 1. The highest BCUT2D eigenvalue weighted by atomic mass is 32.1. The first-order valence-corrected chi connectivity index (χ1v) is 5.70. The van der Waals surface area contributed by atoms with Crippen LogP contribution in [0.5, 0.6) is 0 Å². The standard InChI is InChI=1S/C11H20N2S/c1-7(2)5-9-10(6-8(3)4)13-11(14)12-9/h7-8H,5-6H2,1-4H3,(H2,12,13,14). The van der Waals surface area contributed by atoms with Crippen molar-refractivity contribution < 1.29 is 0 Å². The maximum Gasteiger partial charge on any atom is 0.174 e. The average Bonchev–Trinajstić information content (AvgIpc) is 2.28. The summed E-state index contributed by atoms with van der Waals surface area (Å²) in [6.45, 7) is 8.90. The Bertz CT molecular complexity index is 303. The Labute approximate surface area is 91.1 Å². The van der Waals surface area contributed by atoms with Gasteiger partial charge in [0.25, 0.3) is 0 Å². The van der Waals surface area contributed by atoms with E-state index in [2.05, 4.69) is 37.7 Å². The van der Waals surface area contributed by atoms with Crippen molar-refractivity contribution in [3.8, 4) is 0 Å². The van der Waals surface area contributed by atoms with E-state index in [1.54, 1.807) is 0 Å². The molecule has 0 aliphatic heterocycles. The van der Waals surface area contributed by atoms with Gasteiger partial charge in [0.1, 0.15) is 0 Å². The van der Waals surface area contributed by atoms with E-state index >= 15 is 0 Å². The molecule has 0 aliphatic rings. The number of nitrogens with one attached hydrogen (secondary N) is 2. The lowest BCUT2D eigenvalue weighted by Gasteiger charge is -2.07. The second-order valence-electron chi connectivity index (χ2n) is 4.73. The first-order valence-electron chi connectivity index (χ1n) is 5.29. The molecular formula is C11H20N2S. The van der Waals surface area contributed by atoms with Gasteiger partial charge in [0, 0.05) is 11.4 Å². The van der Waals surface area contributed by atoms with Crippen molar-refractivity contribution in [2.24, 2.45) is 11.8 Å². The van der Waals surface area contributed by atoms with Gasteiger partial charge in [0.2, 0.25) is 0 Å². The number of aromatic nitrogens is 2. The summed E-state index contributed by atoms with van der Waals surface area (Å²) in [7, 11) is 0. The van der Waals surface area contributed by atoms with E-state index in [9.17, 15) is 0 Å². The van der Waals surface area contributed by atoms with E-state index < -0.39 is 0 Å². The van der Waals surface area contributed by atoms with E-state index in [0.717, 1.165) is 17.6 Å². The molecule has 1 heterocycles. The molecule has 0 aliphatic carbocycles. The van der Waals surface area contributed by atoms with Crippen LogP contribution in [0.4, 0.5) is 0 Å². The minimum absolute atomic E-state index is 0.669. The van der Waals surface area contributed by atoms with E-state index in [-0.39, 0.29) is 0 Å². The van der Waals surface area contributed by atoms with E-state index in [0.29, 0.717) is 11.8 Å². The van der Waals surface area contributed by atoms with Crippen molar-refractivity contribution >= 4 is 12.2 Å². The fourth-order valence-corrected chi connectivity index (χ4v) is 1.87. The van der Waals surface area contributed by atoms with Gasteiger partial charge in [-0.05, 0) is 36.9 Å². The fourth-order valence-electron chi connectivity index (χ4n) is 1.62. The third-order valence-electron chi connectivity index (χ3n) is 2.12. The van der Waals surface area contributed by atoms with Crippen molar-refractivity contribution in [1.82, 2.24) is 9.97 Å². The third kappa shape index (κ3) is 3.29. The zero-order valence-corrected chi connectivity index (χ0v) is 10.3. The lowest BCUT2D eigenvalue weighted by Crippen LogP contribution is -2.02. The molecule has 0 radical (unpaired) electrons. The Kier molecular flexibility index (Phi) is 3.93. The molecule has 1 rings (SSSR count). The number of hydrogen-bond acceptors (Lipinski definition) is 1. The molecule has 2 N–H and O–H groups in total. The molecule has 0 amide bonds. The molecule has 0 aromatic carbocycles. The summed E-state index contributed by atoms with van der Waals surface area (Å²) in [6, 6.07) is 0. The molecule has 1 aromatic heterocycles. The van der Waals surface area contributed by atoms with E-state index in [1.165, 1.54) is 11.4 Å². The van der Waals surface area contributed by atoms with Crippen molar-refractivity contribution in [3.63, 3.8) is 0 Å². The van der Waals surface area contributed by atoms with Crippen LogP contribution in [0.15, 0.2) is 0 Å². The summed E-state index contributed by atoms with van der Waals surface area (Å²) in [6.07, 6.45) is 2.16. The second kappa shape index (κ2) is 4.78. The smallest absolute Gasteiger partial charge is 0.174 e. The predicted molar refractivity (Wildman–Crippen MR) is 63.1 cm³/mol. The maximum atomic E-state index is 5.11. The van der Waals surface area contributed by atoms with Crippen LogP contribution in [0.25, 0.3) is 0 Å². The Morgan fingerprint density at radius 3 is 1.57 bits per heavy atom. The Morgan fingerprint density at radius 1 is 0.929 bits per heavy atom. The van der Waals surface area contributed by atoms with Crippen molar-refractivity contribution in [1.29, 1.82) is 0 Å². The molecule has 3 heteroatoms. The molecule has 0 atom stereocenters. The summed E-state index contributed by atoms with van der Waals surface area (Å²) >= 11 is 5.11. The van der Waals surface area contributed by atoms with Crippen molar-refractivity contribution in [3.05, 3.63) is 16.2 Å². The molecule has 0 spiro atoms. The third-order valence-corrected chi connectivity index (χ3v) is 2.32. The summed E-state index contributed by atoms with van der Waals surface area (Å²) in [5.41, 5.74) is 2.58. The molecule has 0 bridgehead atoms. The van der Waals surface area contributed by atoms with E-state index in [1.807, 2.05) is 0 Å². The van der Waals surface area contributed by atoms with Crippen LogP contribution in [0.3, 0.4) is 0 Å². The number of rotatable bonds is 4. The molecule has 1 aromatic rings. The zero-order valence-electron chi connectivity index (χ0n) is 9.48. The topological polar surface area (TPSA) is 31.6 Å². The zero-order chi connectivity index (χ0) is 10.7. The van der Waals surface area contributed by atoms with E-state index in [4.69, 9.17) is 12.2 Å². The van der Waals surface area contributed by atoms with Gasteiger partial charge < -0.3 is 9.97 Å². The predicted octanol–water partition coefficient (Wildman–Crippen LogP) is 3.47. The second-order valence-corrected chi connectivity index (χ2v) is 5.14. The van der Waals surface area contributed by atoms with Crippen LogP contribution in [0, 0.1) is 16.6 Å². The molecule has 80 valence electrons. The number of hydrogen-bond donors (Lipinski definition) is 2. The molecule has 0 unspecified atom stereocenters. The summed E-state index contributed by atoms with van der Waals surface area (Å²) < 4.78 is 0.760. The summed E-state index contributed by atoms with van der Waals surface area (Å²) in [5, 5.41) is 0. The summed E-state index contributed by atoms with van der Waals surface area (Å²) in [4.78, 5) is 6.48. The molecule has 2 nitrogen and oxygen atoms in total. The first kappa shape index (κ1) is 11.5. The van der Waals surface area contributed by atoms with Gasteiger partial charge in [-0.15, -0.1) is 0 Å². The lowest BCUT2D eigenvalue weighted by atomic mass is 10.0. The van der Waals surface area contributed by atoms with Crippen LogP contribution < -0.4 is 0 Å². The highest BCUT2D eigenvalue weighted by molar-refractivity contribution is 7.71. The minimum Gasteiger partial charge on any atom is -0.334 e. The average molecular weight is 212 g/mol. The first-order chi connectivity index (χ1) is 6.49. The van der Waals surface area contributed by atoms with Gasteiger partial charge in [0.15, 0.2) is 4.77 Å². The van der Waals surface area contributed by atoms with Crippen LogP contribution in [0.2, 0.25) is 0 Å². The van der Waals surface area contributed by atoms with Gasteiger partial charge >= 0.3 is 0 Å². The highest BCUT2D eigenvalue weighted by Crippen LogP contribution is 2.14. The Balaban J connectivity index is 2.85. The van der Waals surface area contributed by atoms with Crippen LogP contribution in [-0.2, 0) is 12.8 Å². The van der Waals surface area contributed by atoms with Crippen LogP contribution in [0.1, 0.15) is 39.1 Å².